The molecule has 1 aliphatic rings. The first kappa shape index (κ1) is 14.5. The van der Waals surface area contributed by atoms with Crippen LogP contribution < -0.4 is 10.6 Å². The summed E-state index contributed by atoms with van der Waals surface area (Å²) >= 11 is 0. The minimum Gasteiger partial charge on any atom is -0.308 e. The predicted octanol–water partition coefficient (Wildman–Crippen LogP) is 3.52. The Morgan fingerprint density at radius 1 is 1.36 bits per heavy atom. The molecule has 0 radical (unpaired) electrons. The number of anilines is 2. The Kier molecular flexibility index (Phi) is 3.79. The van der Waals surface area contributed by atoms with Crippen molar-refractivity contribution in [3.8, 4) is 0 Å². The zero-order chi connectivity index (χ0) is 15.7. The Balaban J connectivity index is 1.62. The number of carbonyl (C=O) groups excluding carboxylic acids is 1. The Morgan fingerprint density at radius 2 is 2.14 bits per heavy atom. The summed E-state index contributed by atoms with van der Waals surface area (Å²) in [4.78, 5) is 11.9. The minimum atomic E-state index is -0.477. The summed E-state index contributed by atoms with van der Waals surface area (Å²) in [5.41, 5.74) is 1.14. The van der Waals surface area contributed by atoms with Crippen molar-refractivity contribution in [3.63, 3.8) is 0 Å². The second kappa shape index (κ2) is 5.75. The lowest BCUT2D eigenvalue weighted by Gasteiger charge is -2.07. The summed E-state index contributed by atoms with van der Waals surface area (Å²) in [6.07, 6.45) is 3.71. The molecule has 1 heterocycles. The van der Waals surface area contributed by atoms with Crippen LogP contribution in [0, 0.1) is 5.82 Å². The molecule has 3 rings (SSSR count). The molecule has 116 valence electrons. The number of hydrogen-bond acceptors (Lipinski definition) is 3. The predicted molar refractivity (Wildman–Crippen MR) is 81.4 cm³/mol. The zero-order valence-corrected chi connectivity index (χ0v) is 12.5. The van der Waals surface area contributed by atoms with Crippen LogP contribution >= 0.6 is 0 Å². The van der Waals surface area contributed by atoms with Crippen LogP contribution in [0.15, 0.2) is 24.4 Å². The van der Waals surface area contributed by atoms with Gasteiger partial charge in [0.25, 0.3) is 0 Å². The van der Waals surface area contributed by atoms with Crippen molar-refractivity contribution < 1.29 is 9.18 Å². The summed E-state index contributed by atoms with van der Waals surface area (Å²) < 4.78 is 15.6. The molecule has 1 aliphatic carbocycles. The van der Waals surface area contributed by atoms with Gasteiger partial charge in [0.1, 0.15) is 5.82 Å². The summed E-state index contributed by atoms with van der Waals surface area (Å²) in [6, 6.07) is 4.47. The van der Waals surface area contributed by atoms with E-state index in [0.29, 0.717) is 17.4 Å². The van der Waals surface area contributed by atoms with Gasteiger partial charge in [-0.05, 0) is 50.3 Å². The van der Waals surface area contributed by atoms with Crippen molar-refractivity contribution in [1.29, 1.82) is 0 Å². The maximum Gasteiger partial charge on any atom is 0.324 e. The Bertz CT molecular complexity index is 693. The molecule has 1 aromatic heterocycles. The third-order valence-corrected chi connectivity index (χ3v) is 3.56. The number of halogens is 1. The van der Waals surface area contributed by atoms with Gasteiger partial charge in [-0.25, -0.2) is 13.9 Å². The molecule has 0 spiro atoms. The van der Waals surface area contributed by atoms with Crippen LogP contribution in [0.25, 0.3) is 0 Å². The number of nitrogens with zero attached hydrogens (tertiary/aromatic N) is 3. The smallest absolute Gasteiger partial charge is 0.308 e. The molecule has 1 aromatic carbocycles. The summed E-state index contributed by atoms with van der Waals surface area (Å²) in [5.74, 6) is 0.418. The Hall–Kier alpha value is -2.44. The highest BCUT2D eigenvalue weighted by molar-refractivity contribution is 5.99. The topological polar surface area (TPSA) is 71.8 Å². The molecule has 2 N–H and O–H groups in total. The van der Waals surface area contributed by atoms with Crippen molar-refractivity contribution in [2.24, 2.45) is 0 Å². The lowest BCUT2D eigenvalue weighted by Crippen LogP contribution is -2.19. The Labute approximate surface area is 127 Å². The van der Waals surface area contributed by atoms with Crippen LogP contribution in [-0.2, 0) is 0 Å². The standard InChI is InChI=1S/C15H18FN5O/c1-9(2)21-8-14(19-20-21)18-15(22)17-11-5-6-12(10-3-4-10)13(16)7-11/h5-10H,3-4H2,1-2H3,(H2,17,18,22). The van der Waals surface area contributed by atoms with Crippen LogP contribution in [0.4, 0.5) is 20.7 Å². The zero-order valence-electron chi connectivity index (χ0n) is 12.5. The first-order valence-corrected chi connectivity index (χ1v) is 7.32. The molecule has 0 atom stereocenters. The molecule has 0 bridgehead atoms. The molecule has 1 fully saturated rings. The van der Waals surface area contributed by atoms with Crippen LogP contribution in [0.2, 0.25) is 0 Å². The Morgan fingerprint density at radius 3 is 2.73 bits per heavy atom. The molecule has 0 unspecified atom stereocenters. The molecule has 2 amide bonds. The molecule has 2 aromatic rings. The molecule has 6 nitrogen and oxygen atoms in total. The van der Waals surface area contributed by atoms with E-state index in [2.05, 4.69) is 20.9 Å². The monoisotopic (exact) mass is 303 g/mol. The van der Waals surface area contributed by atoms with E-state index in [0.717, 1.165) is 18.4 Å². The van der Waals surface area contributed by atoms with Gasteiger partial charge in [0.2, 0.25) is 0 Å². The van der Waals surface area contributed by atoms with E-state index >= 15 is 0 Å². The average molecular weight is 303 g/mol. The van der Waals surface area contributed by atoms with Gasteiger partial charge < -0.3 is 5.32 Å². The highest BCUT2D eigenvalue weighted by Crippen LogP contribution is 2.41. The summed E-state index contributed by atoms with van der Waals surface area (Å²) in [5, 5.41) is 12.9. The van der Waals surface area contributed by atoms with Crippen molar-refractivity contribution in [2.75, 3.05) is 10.6 Å². The van der Waals surface area contributed by atoms with E-state index in [1.54, 1.807) is 23.0 Å². The largest absolute Gasteiger partial charge is 0.324 e. The number of aromatic nitrogens is 3. The third-order valence-electron chi connectivity index (χ3n) is 3.56. The number of urea groups is 1. The molecule has 7 heteroatoms. The number of benzene rings is 1. The van der Waals surface area contributed by atoms with Gasteiger partial charge in [0.15, 0.2) is 5.82 Å². The van der Waals surface area contributed by atoms with E-state index in [9.17, 15) is 9.18 Å². The highest BCUT2D eigenvalue weighted by atomic mass is 19.1. The van der Waals surface area contributed by atoms with Crippen LogP contribution in [0.5, 0.6) is 0 Å². The van der Waals surface area contributed by atoms with Crippen molar-refractivity contribution in [3.05, 3.63) is 35.8 Å². The van der Waals surface area contributed by atoms with Gasteiger partial charge in [-0.1, -0.05) is 11.3 Å². The fourth-order valence-electron chi connectivity index (χ4n) is 2.20. The second-order valence-electron chi connectivity index (χ2n) is 5.77. The van der Waals surface area contributed by atoms with Crippen LogP contribution in [0.3, 0.4) is 0 Å². The molecule has 0 aliphatic heterocycles. The van der Waals surface area contributed by atoms with E-state index in [-0.39, 0.29) is 11.9 Å². The minimum absolute atomic E-state index is 0.162. The maximum absolute atomic E-state index is 13.9. The van der Waals surface area contributed by atoms with Gasteiger partial charge in [0.05, 0.1) is 6.20 Å². The van der Waals surface area contributed by atoms with E-state index in [1.807, 2.05) is 13.8 Å². The van der Waals surface area contributed by atoms with E-state index in [1.165, 1.54) is 6.07 Å². The van der Waals surface area contributed by atoms with Crippen molar-refractivity contribution >= 4 is 17.5 Å². The van der Waals surface area contributed by atoms with Gasteiger partial charge >= 0.3 is 6.03 Å². The molecular weight excluding hydrogens is 285 g/mol. The highest BCUT2D eigenvalue weighted by Gasteiger charge is 2.26. The quantitative estimate of drug-likeness (QED) is 0.907. The maximum atomic E-state index is 13.9. The van der Waals surface area contributed by atoms with Gasteiger partial charge in [0, 0.05) is 11.7 Å². The SMILES string of the molecule is CC(C)n1cc(NC(=O)Nc2ccc(C3CC3)c(F)c2)nn1. The summed E-state index contributed by atoms with van der Waals surface area (Å²) in [6.45, 7) is 3.92. The number of hydrogen-bond donors (Lipinski definition) is 2. The first-order valence-electron chi connectivity index (χ1n) is 7.32. The molecule has 22 heavy (non-hydrogen) atoms. The molecule has 1 saturated carbocycles. The lowest BCUT2D eigenvalue weighted by atomic mass is 10.1. The fourth-order valence-corrected chi connectivity index (χ4v) is 2.20. The normalized spacial score (nSPS) is 14.2. The van der Waals surface area contributed by atoms with E-state index in [4.69, 9.17) is 0 Å². The van der Waals surface area contributed by atoms with Gasteiger partial charge in [-0.2, -0.15) is 0 Å². The van der Waals surface area contributed by atoms with Crippen LogP contribution in [0.1, 0.15) is 44.2 Å². The lowest BCUT2D eigenvalue weighted by molar-refractivity contribution is 0.262. The fraction of sp³-hybridized carbons (Fsp3) is 0.400. The van der Waals surface area contributed by atoms with Gasteiger partial charge in [-0.15, -0.1) is 5.10 Å². The molecular formula is C15H18FN5O. The first-order chi connectivity index (χ1) is 10.5. The number of rotatable bonds is 4. The second-order valence-corrected chi connectivity index (χ2v) is 5.77. The van der Waals surface area contributed by atoms with Crippen molar-refractivity contribution in [2.45, 2.75) is 38.6 Å². The number of nitrogens with one attached hydrogen (secondary N) is 2. The average Bonchev–Trinajstić information content (AvgIpc) is 3.17. The van der Waals surface area contributed by atoms with Crippen molar-refractivity contribution in [1.82, 2.24) is 15.0 Å². The number of amides is 2. The third kappa shape index (κ3) is 3.24. The van der Waals surface area contributed by atoms with Crippen LogP contribution in [-0.4, -0.2) is 21.0 Å². The summed E-state index contributed by atoms with van der Waals surface area (Å²) in [7, 11) is 0. The number of carbonyl (C=O) groups is 1. The van der Waals surface area contributed by atoms with Gasteiger partial charge in [-0.3, -0.25) is 5.32 Å². The molecule has 0 saturated heterocycles. The van der Waals surface area contributed by atoms with E-state index < -0.39 is 6.03 Å².